The van der Waals surface area contributed by atoms with E-state index in [1.165, 1.54) is 6.39 Å². The van der Waals surface area contributed by atoms with E-state index in [1.807, 2.05) is 4.90 Å². The van der Waals surface area contributed by atoms with E-state index in [0.29, 0.717) is 23.4 Å². The Morgan fingerprint density at radius 2 is 2.50 bits per heavy atom. The number of rotatable bonds is 1. The van der Waals surface area contributed by atoms with Crippen molar-refractivity contribution in [1.82, 2.24) is 15.2 Å². The van der Waals surface area contributed by atoms with Gasteiger partial charge in [0, 0.05) is 19.1 Å². The SMILES string of the molecule is Cc1ncoc1C(=O)N1CC2CNCC1C2. The minimum Gasteiger partial charge on any atom is -0.438 e. The molecular formula is C11H15N3O2. The van der Waals surface area contributed by atoms with Crippen LogP contribution in [0.5, 0.6) is 0 Å². The van der Waals surface area contributed by atoms with E-state index in [4.69, 9.17) is 4.42 Å². The molecule has 2 aliphatic heterocycles. The smallest absolute Gasteiger partial charge is 0.291 e. The summed E-state index contributed by atoms with van der Waals surface area (Å²) in [6.45, 7) is 4.57. The molecule has 0 radical (unpaired) electrons. The maximum atomic E-state index is 12.2. The zero-order valence-corrected chi connectivity index (χ0v) is 9.27. The molecule has 3 heterocycles. The number of aryl methyl sites for hydroxylation is 1. The fourth-order valence-corrected chi connectivity index (χ4v) is 2.70. The van der Waals surface area contributed by atoms with Crippen molar-refractivity contribution in [1.29, 1.82) is 0 Å². The van der Waals surface area contributed by atoms with Crippen LogP contribution in [0.1, 0.15) is 22.7 Å². The number of amides is 1. The molecule has 1 N–H and O–H groups in total. The first kappa shape index (κ1) is 9.84. The summed E-state index contributed by atoms with van der Waals surface area (Å²) in [7, 11) is 0. The Hall–Kier alpha value is -1.36. The van der Waals surface area contributed by atoms with Crippen LogP contribution in [0.2, 0.25) is 0 Å². The number of aromatic nitrogens is 1. The van der Waals surface area contributed by atoms with Gasteiger partial charge in [0.05, 0.1) is 5.69 Å². The Labute approximate surface area is 93.8 Å². The molecule has 2 unspecified atom stereocenters. The highest BCUT2D eigenvalue weighted by molar-refractivity contribution is 5.92. The highest BCUT2D eigenvalue weighted by Crippen LogP contribution is 2.27. The molecule has 5 heteroatoms. The van der Waals surface area contributed by atoms with Crippen LogP contribution in [-0.4, -0.2) is 41.5 Å². The molecule has 2 atom stereocenters. The Kier molecular flexibility index (Phi) is 2.21. The predicted octanol–water partition coefficient (Wildman–Crippen LogP) is 0.417. The first-order valence-corrected chi connectivity index (χ1v) is 5.67. The monoisotopic (exact) mass is 221 g/mol. The van der Waals surface area contributed by atoms with E-state index in [2.05, 4.69) is 10.3 Å². The van der Waals surface area contributed by atoms with Gasteiger partial charge in [-0.3, -0.25) is 4.79 Å². The van der Waals surface area contributed by atoms with Crippen molar-refractivity contribution in [3.05, 3.63) is 17.8 Å². The summed E-state index contributed by atoms with van der Waals surface area (Å²) in [5, 5.41) is 3.35. The molecule has 0 aromatic carbocycles. The normalized spacial score (nSPS) is 28.4. The van der Waals surface area contributed by atoms with E-state index in [0.717, 1.165) is 26.1 Å². The van der Waals surface area contributed by atoms with Gasteiger partial charge in [-0.05, 0) is 25.8 Å². The number of carbonyl (C=O) groups is 1. The highest BCUT2D eigenvalue weighted by Gasteiger charge is 2.39. The highest BCUT2D eigenvalue weighted by atomic mass is 16.3. The number of fused-ring (bicyclic) bond motifs is 2. The van der Waals surface area contributed by atoms with Crippen molar-refractivity contribution in [2.45, 2.75) is 19.4 Å². The molecular weight excluding hydrogens is 206 g/mol. The fourth-order valence-electron chi connectivity index (χ4n) is 2.70. The van der Waals surface area contributed by atoms with Crippen LogP contribution in [0.15, 0.2) is 10.8 Å². The molecule has 1 aromatic rings. The van der Waals surface area contributed by atoms with Gasteiger partial charge in [0.2, 0.25) is 5.76 Å². The van der Waals surface area contributed by atoms with Crippen LogP contribution >= 0.6 is 0 Å². The topological polar surface area (TPSA) is 58.4 Å². The zero-order valence-electron chi connectivity index (χ0n) is 9.27. The minimum atomic E-state index is -0.00815. The molecule has 86 valence electrons. The second-order valence-corrected chi connectivity index (χ2v) is 4.64. The molecule has 1 aromatic heterocycles. The van der Waals surface area contributed by atoms with Crippen molar-refractivity contribution in [2.24, 2.45) is 5.92 Å². The summed E-state index contributed by atoms with van der Waals surface area (Å²) in [5.74, 6) is 0.990. The second-order valence-electron chi connectivity index (χ2n) is 4.64. The third-order valence-electron chi connectivity index (χ3n) is 3.51. The summed E-state index contributed by atoms with van der Waals surface area (Å²) in [5.41, 5.74) is 0.680. The number of nitrogens with one attached hydrogen (secondary N) is 1. The van der Waals surface area contributed by atoms with Crippen molar-refractivity contribution in [3.8, 4) is 0 Å². The van der Waals surface area contributed by atoms with Crippen LogP contribution in [0, 0.1) is 12.8 Å². The van der Waals surface area contributed by atoms with E-state index in [1.54, 1.807) is 6.92 Å². The summed E-state index contributed by atoms with van der Waals surface area (Å²) in [6.07, 6.45) is 2.45. The Morgan fingerprint density at radius 3 is 3.19 bits per heavy atom. The summed E-state index contributed by atoms with van der Waals surface area (Å²) in [6, 6.07) is 0.329. The standard InChI is InChI=1S/C11H15N3O2/c1-7-10(16-6-13-7)11(15)14-5-8-2-9(14)4-12-3-8/h6,8-9,12H,2-5H2,1H3. The number of likely N-dealkylation sites (tertiary alicyclic amines) is 1. The number of piperidine rings is 1. The van der Waals surface area contributed by atoms with Gasteiger partial charge in [-0.2, -0.15) is 0 Å². The molecule has 0 saturated carbocycles. The minimum absolute atomic E-state index is 0.00815. The zero-order chi connectivity index (χ0) is 11.1. The van der Waals surface area contributed by atoms with Gasteiger partial charge in [-0.15, -0.1) is 0 Å². The molecule has 2 aliphatic rings. The van der Waals surface area contributed by atoms with E-state index >= 15 is 0 Å². The maximum Gasteiger partial charge on any atom is 0.291 e. The molecule has 0 aliphatic carbocycles. The third kappa shape index (κ3) is 1.43. The van der Waals surface area contributed by atoms with Gasteiger partial charge in [0.15, 0.2) is 6.39 Å². The number of oxazole rings is 1. The molecule has 3 rings (SSSR count). The van der Waals surface area contributed by atoms with Gasteiger partial charge in [0.1, 0.15) is 0 Å². The maximum absolute atomic E-state index is 12.2. The van der Waals surface area contributed by atoms with Gasteiger partial charge >= 0.3 is 0 Å². The molecule has 1 amide bonds. The lowest BCUT2D eigenvalue weighted by Crippen LogP contribution is -2.41. The molecule has 2 saturated heterocycles. The first-order chi connectivity index (χ1) is 7.75. The van der Waals surface area contributed by atoms with Crippen LogP contribution < -0.4 is 5.32 Å². The van der Waals surface area contributed by atoms with Crippen LogP contribution in [0.3, 0.4) is 0 Å². The molecule has 5 nitrogen and oxygen atoms in total. The van der Waals surface area contributed by atoms with Gasteiger partial charge in [0.25, 0.3) is 5.91 Å². The lowest BCUT2D eigenvalue weighted by Gasteiger charge is -2.24. The van der Waals surface area contributed by atoms with E-state index in [9.17, 15) is 4.79 Å². The molecule has 2 bridgehead atoms. The summed E-state index contributed by atoms with van der Waals surface area (Å²) >= 11 is 0. The van der Waals surface area contributed by atoms with Crippen molar-refractivity contribution >= 4 is 5.91 Å². The Bertz CT molecular complexity index is 415. The molecule has 0 spiro atoms. The quantitative estimate of drug-likeness (QED) is 0.746. The van der Waals surface area contributed by atoms with Gasteiger partial charge < -0.3 is 14.6 Å². The Balaban J connectivity index is 1.83. The molecule has 2 fully saturated rings. The van der Waals surface area contributed by atoms with E-state index in [-0.39, 0.29) is 5.91 Å². The van der Waals surface area contributed by atoms with Gasteiger partial charge in [-0.1, -0.05) is 0 Å². The fraction of sp³-hybridized carbons (Fsp3) is 0.636. The second kappa shape index (κ2) is 3.59. The summed E-state index contributed by atoms with van der Waals surface area (Å²) < 4.78 is 5.16. The summed E-state index contributed by atoms with van der Waals surface area (Å²) in [4.78, 5) is 18.1. The number of nitrogens with zero attached hydrogens (tertiary/aromatic N) is 2. The predicted molar refractivity (Wildman–Crippen MR) is 57.0 cm³/mol. The van der Waals surface area contributed by atoms with Crippen LogP contribution in [-0.2, 0) is 0 Å². The van der Waals surface area contributed by atoms with Crippen molar-refractivity contribution in [2.75, 3.05) is 19.6 Å². The average molecular weight is 221 g/mol. The largest absolute Gasteiger partial charge is 0.438 e. The van der Waals surface area contributed by atoms with Crippen molar-refractivity contribution < 1.29 is 9.21 Å². The lowest BCUT2D eigenvalue weighted by atomic mass is 10.0. The van der Waals surface area contributed by atoms with Gasteiger partial charge in [-0.25, -0.2) is 4.98 Å². The lowest BCUT2D eigenvalue weighted by molar-refractivity contribution is 0.0707. The molecule has 16 heavy (non-hydrogen) atoms. The average Bonchev–Trinajstić information content (AvgIpc) is 2.82. The van der Waals surface area contributed by atoms with Crippen molar-refractivity contribution in [3.63, 3.8) is 0 Å². The van der Waals surface area contributed by atoms with E-state index < -0.39 is 0 Å². The first-order valence-electron chi connectivity index (χ1n) is 5.67. The Morgan fingerprint density at radius 1 is 1.62 bits per heavy atom. The number of hydrogen-bond donors (Lipinski definition) is 1. The number of hydrogen-bond acceptors (Lipinski definition) is 4. The van der Waals surface area contributed by atoms with Crippen LogP contribution in [0.25, 0.3) is 0 Å². The third-order valence-corrected chi connectivity index (χ3v) is 3.51. The number of carbonyl (C=O) groups excluding carboxylic acids is 1. The van der Waals surface area contributed by atoms with Crippen LogP contribution in [0.4, 0.5) is 0 Å².